The number of hydrogen-bond donors (Lipinski definition) is 0. The van der Waals surface area contributed by atoms with E-state index in [0.29, 0.717) is 0 Å². The van der Waals surface area contributed by atoms with Crippen LogP contribution in [0.15, 0.2) is 150 Å². The molecule has 0 unspecified atom stereocenters. The Morgan fingerprint density at radius 2 is 1.22 bits per heavy atom. The Morgan fingerprint density at radius 3 is 2.08 bits per heavy atom. The summed E-state index contributed by atoms with van der Waals surface area (Å²) in [7, 11) is 0. The quantitative estimate of drug-likeness (QED) is 0.179. The highest BCUT2D eigenvalue weighted by Crippen LogP contribution is 2.49. The first-order valence-corrected chi connectivity index (χ1v) is 16.8. The van der Waals surface area contributed by atoms with Gasteiger partial charge in [-0.1, -0.05) is 104 Å². The third-order valence-corrected chi connectivity index (χ3v) is 11.3. The number of pyridine rings is 1. The molecule has 0 radical (unpaired) electrons. The Bertz CT molecular complexity index is 3080. The molecule has 1 aliphatic carbocycles. The summed E-state index contributed by atoms with van der Waals surface area (Å²) < 4.78 is 3.83. The predicted octanol–water partition coefficient (Wildman–Crippen LogP) is 10.4. The molecular formula is C45H28N2O2. The van der Waals surface area contributed by atoms with Gasteiger partial charge in [0.25, 0.3) is 11.5 Å². The molecule has 0 saturated carbocycles. The Morgan fingerprint density at radius 1 is 0.551 bits per heavy atom. The van der Waals surface area contributed by atoms with Crippen molar-refractivity contribution in [1.29, 1.82) is 0 Å². The van der Waals surface area contributed by atoms with Crippen LogP contribution in [0.5, 0.6) is 0 Å². The second kappa shape index (κ2) is 9.21. The molecule has 4 heteroatoms. The molecule has 9 aromatic rings. The molecule has 0 spiro atoms. The number of aromatic nitrogens is 2. The summed E-state index contributed by atoms with van der Waals surface area (Å²) in [6.45, 7) is 2.22. The number of nitrogens with zero attached hydrogens (tertiary/aromatic N) is 2. The lowest BCUT2D eigenvalue weighted by molar-refractivity contribution is 0.0942. The largest absolute Gasteiger partial charge is 0.276 e. The molecule has 0 saturated heterocycles. The highest BCUT2D eigenvalue weighted by atomic mass is 16.2. The van der Waals surface area contributed by atoms with E-state index in [9.17, 15) is 9.59 Å². The van der Waals surface area contributed by atoms with Crippen LogP contribution in [-0.4, -0.2) is 14.9 Å². The summed E-state index contributed by atoms with van der Waals surface area (Å²) in [5.41, 5.74) is 10.0. The lowest BCUT2D eigenvalue weighted by Crippen LogP contribution is -2.37. The molecule has 2 aliphatic rings. The molecular weight excluding hydrogens is 601 g/mol. The predicted molar refractivity (Wildman–Crippen MR) is 201 cm³/mol. The molecule has 0 amide bonds. The average molecular weight is 629 g/mol. The molecule has 1 aliphatic heterocycles. The van der Waals surface area contributed by atoms with Crippen molar-refractivity contribution in [2.45, 2.75) is 18.8 Å². The number of allylic oxidation sites excluding steroid dienone is 4. The maximum Gasteiger partial charge on any atom is 0.263 e. The van der Waals surface area contributed by atoms with E-state index < -0.39 is 5.41 Å². The van der Waals surface area contributed by atoms with Gasteiger partial charge >= 0.3 is 0 Å². The van der Waals surface area contributed by atoms with Crippen LogP contribution >= 0.6 is 0 Å². The number of hydrogen-bond acceptors (Lipinski definition) is 2. The zero-order valence-corrected chi connectivity index (χ0v) is 26.7. The fourth-order valence-corrected chi connectivity index (χ4v) is 8.92. The van der Waals surface area contributed by atoms with Gasteiger partial charge < -0.3 is 0 Å². The van der Waals surface area contributed by atoms with Crippen LogP contribution in [0.4, 0.5) is 0 Å². The summed E-state index contributed by atoms with van der Waals surface area (Å²) in [6, 6.07) is 42.3. The van der Waals surface area contributed by atoms with Gasteiger partial charge in [0.15, 0.2) is 0 Å². The molecule has 4 heterocycles. The highest BCUT2D eigenvalue weighted by molar-refractivity contribution is 6.22. The van der Waals surface area contributed by atoms with Gasteiger partial charge in [-0.25, -0.2) is 0 Å². The van der Waals surface area contributed by atoms with Crippen LogP contribution in [0.1, 0.15) is 23.7 Å². The third-order valence-electron chi connectivity index (χ3n) is 11.3. The Balaban J connectivity index is 1.13. The molecule has 0 fully saturated rings. The van der Waals surface area contributed by atoms with E-state index >= 15 is 0 Å². The van der Waals surface area contributed by atoms with Gasteiger partial charge in [0.05, 0.1) is 22.1 Å². The van der Waals surface area contributed by atoms with E-state index in [4.69, 9.17) is 0 Å². The summed E-state index contributed by atoms with van der Waals surface area (Å²) >= 11 is 0. The van der Waals surface area contributed by atoms with Gasteiger partial charge in [-0.15, -0.1) is 0 Å². The minimum absolute atomic E-state index is 0.0200. The molecule has 3 aromatic heterocycles. The second-order valence-electron chi connectivity index (χ2n) is 13.8. The van der Waals surface area contributed by atoms with E-state index in [1.165, 1.54) is 5.56 Å². The van der Waals surface area contributed by atoms with Crippen LogP contribution in [0, 0.1) is 0 Å². The number of benzene rings is 6. The van der Waals surface area contributed by atoms with E-state index in [1.54, 1.807) is 0 Å². The van der Waals surface area contributed by atoms with Gasteiger partial charge in [0, 0.05) is 43.3 Å². The molecule has 6 aromatic carbocycles. The standard InChI is InChI=1S/C45H28N2O2/c1-45-21-7-6-17-37(45)44(49)47-39-18-5-4-13-31(39)36-24-29(25-38(45)42(36)47)27-11-8-10-26(22-27)28-19-20-40-35(23-28)33-16-9-15-32-30-12-2-3-14-34(30)43(48)46(40)41(32)33/h2-20,22-25H,21H2,1H3/t45-/m0/s1. The smallest absolute Gasteiger partial charge is 0.263 e. The first-order chi connectivity index (χ1) is 24.0. The molecule has 230 valence electrons. The summed E-state index contributed by atoms with van der Waals surface area (Å²) in [4.78, 5) is 27.8. The van der Waals surface area contributed by atoms with Crippen molar-refractivity contribution in [2.75, 3.05) is 0 Å². The van der Waals surface area contributed by atoms with Gasteiger partial charge in [-0.2, -0.15) is 0 Å². The minimum atomic E-state index is -0.402. The molecule has 1 atom stereocenters. The number of carbonyl (C=O) groups is 1. The van der Waals surface area contributed by atoms with Crippen molar-refractivity contribution in [1.82, 2.24) is 8.97 Å². The monoisotopic (exact) mass is 628 g/mol. The average Bonchev–Trinajstić information content (AvgIpc) is 3.66. The molecule has 4 nitrogen and oxygen atoms in total. The number of fused-ring (bicyclic) bond motifs is 10. The Hall–Kier alpha value is -6.26. The zero-order chi connectivity index (χ0) is 32.6. The lowest BCUT2D eigenvalue weighted by atomic mass is 9.68. The molecule has 0 bridgehead atoms. The van der Waals surface area contributed by atoms with Crippen LogP contribution in [-0.2, 0) is 5.41 Å². The summed E-state index contributed by atoms with van der Waals surface area (Å²) in [5, 5.41) is 7.18. The van der Waals surface area contributed by atoms with Gasteiger partial charge in [-0.05, 0) is 82.1 Å². The van der Waals surface area contributed by atoms with Crippen molar-refractivity contribution in [3.05, 3.63) is 161 Å². The van der Waals surface area contributed by atoms with E-state index in [-0.39, 0.29) is 11.5 Å². The van der Waals surface area contributed by atoms with Crippen molar-refractivity contribution in [2.24, 2.45) is 0 Å². The van der Waals surface area contributed by atoms with Crippen molar-refractivity contribution in [3.8, 4) is 22.3 Å². The molecule has 0 N–H and O–H groups in total. The van der Waals surface area contributed by atoms with E-state index in [0.717, 1.165) is 94.0 Å². The zero-order valence-electron chi connectivity index (χ0n) is 26.7. The number of rotatable bonds is 2. The first-order valence-electron chi connectivity index (χ1n) is 16.8. The maximum absolute atomic E-state index is 14.0. The second-order valence-corrected chi connectivity index (χ2v) is 13.8. The highest BCUT2D eigenvalue weighted by Gasteiger charge is 2.43. The van der Waals surface area contributed by atoms with Crippen molar-refractivity contribution >= 4 is 65.7 Å². The first kappa shape index (κ1) is 26.8. The third kappa shape index (κ3) is 3.33. The Kier molecular flexibility index (Phi) is 5.03. The van der Waals surface area contributed by atoms with Gasteiger partial charge in [0.1, 0.15) is 0 Å². The number of para-hydroxylation sites is 2. The van der Waals surface area contributed by atoms with Crippen molar-refractivity contribution in [3.63, 3.8) is 0 Å². The fraction of sp³-hybridized carbons (Fsp3) is 0.0667. The van der Waals surface area contributed by atoms with Gasteiger partial charge in [-0.3, -0.25) is 18.6 Å². The topological polar surface area (TPSA) is 43.5 Å². The maximum atomic E-state index is 14.0. The molecule has 49 heavy (non-hydrogen) atoms. The van der Waals surface area contributed by atoms with Crippen LogP contribution < -0.4 is 5.56 Å². The van der Waals surface area contributed by atoms with Crippen LogP contribution in [0.25, 0.3) is 82.0 Å². The molecule has 11 rings (SSSR count). The van der Waals surface area contributed by atoms with Gasteiger partial charge in [0.2, 0.25) is 0 Å². The van der Waals surface area contributed by atoms with E-state index in [1.807, 2.05) is 51.5 Å². The van der Waals surface area contributed by atoms with Crippen molar-refractivity contribution < 1.29 is 4.79 Å². The van der Waals surface area contributed by atoms with Crippen LogP contribution in [0.3, 0.4) is 0 Å². The lowest BCUT2D eigenvalue weighted by Gasteiger charge is -2.38. The summed E-state index contributed by atoms with van der Waals surface area (Å²) in [5.74, 6) is 0.0742. The summed E-state index contributed by atoms with van der Waals surface area (Å²) in [6.07, 6.45) is 6.99. The van der Waals surface area contributed by atoms with E-state index in [2.05, 4.69) is 104 Å². The fourth-order valence-electron chi connectivity index (χ4n) is 8.92. The SMILES string of the molecule is C[C@]12CC=CC=C1C(=O)n1c3ccccc3c3cc(-c4cccc(-c5ccc6c(c5)c5cccc7c8ccccc8c(=O)n6c75)c4)cc2c31. The minimum Gasteiger partial charge on any atom is -0.276 e. The normalized spacial score (nSPS) is 17.2. The number of carbonyl (C=O) groups excluding carboxylic acids is 1. The van der Waals surface area contributed by atoms with Crippen LogP contribution in [0.2, 0.25) is 0 Å². The Labute approximate surface area is 280 Å².